The van der Waals surface area contributed by atoms with Crippen LogP contribution in [0.25, 0.3) is 11.3 Å². The van der Waals surface area contributed by atoms with Crippen LogP contribution in [0.4, 0.5) is 18.3 Å². The zero-order valence-corrected chi connectivity index (χ0v) is 15.1. The second-order valence-electron chi connectivity index (χ2n) is 5.41. The van der Waals surface area contributed by atoms with Crippen molar-refractivity contribution in [1.29, 1.82) is 0 Å². The molecule has 3 nitrogen and oxygen atoms in total. The summed E-state index contributed by atoms with van der Waals surface area (Å²) in [7, 11) is 0. The maximum absolute atomic E-state index is 12.9. The second-order valence-corrected chi connectivity index (χ2v) is 6.65. The summed E-state index contributed by atoms with van der Waals surface area (Å²) in [5.74, 6) is 0. The van der Waals surface area contributed by atoms with Crippen LogP contribution < -0.4 is 5.43 Å². The van der Waals surface area contributed by atoms with E-state index in [1.807, 2.05) is 35.7 Å². The fraction of sp³-hybridized carbons (Fsp3) is 0.111. The molecule has 26 heavy (non-hydrogen) atoms. The maximum atomic E-state index is 12.9. The molecule has 0 aliphatic rings. The van der Waals surface area contributed by atoms with Crippen molar-refractivity contribution in [2.45, 2.75) is 13.1 Å². The van der Waals surface area contributed by atoms with Crippen molar-refractivity contribution in [3.63, 3.8) is 0 Å². The number of nitrogens with one attached hydrogen (secondary N) is 1. The van der Waals surface area contributed by atoms with Gasteiger partial charge in [-0.25, -0.2) is 4.98 Å². The average Bonchev–Trinajstić information content (AvgIpc) is 3.07. The lowest BCUT2D eigenvalue weighted by molar-refractivity contribution is -0.138. The van der Waals surface area contributed by atoms with Gasteiger partial charge in [-0.3, -0.25) is 5.43 Å². The number of halogens is 4. The molecule has 0 spiro atoms. The van der Waals surface area contributed by atoms with Gasteiger partial charge in [-0.1, -0.05) is 48.0 Å². The highest BCUT2D eigenvalue weighted by atomic mass is 35.5. The minimum Gasteiger partial charge on any atom is -0.253 e. The number of thiazole rings is 1. The van der Waals surface area contributed by atoms with E-state index >= 15 is 0 Å². The van der Waals surface area contributed by atoms with E-state index in [4.69, 9.17) is 11.6 Å². The minimum atomic E-state index is -4.43. The number of hydrogen-bond acceptors (Lipinski definition) is 4. The molecule has 2 aromatic carbocycles. The van der Waals surface area contributed by atoms with Gasteiger partial charge in [0, 0.05) is 16.5 Å². The van der Waals surface area contributed by atoms with Gasteiger partial charge in [0.25, 0.3) is 0 Å². The van der Waals surface area contributed by atoms with Crippen molar-refractivity contribution in [2.24, 2.45) is 5.10 Å². The molecule has 1 aromatic heterocycles. The molecule has 0 atom stereocenters. The fourth-order valence-electron chi connectivity index (χ4n) is 2.34. The van der Waals surface area contributed by atoms with E-state index in [0.29, 0.717) is 10.7 Å². The normalized spacial score (nSPS) is 11.9. The zero-order chi connectivity index (χ0) is 18.7. The van der Waals surface area contributed by atoms with Crippen LogP contribution in [0, 0.1) is 6.92 Å². The van der Waals surface area contributed by atoms with Crippen molar-refractivity contribution in [3.05, 3.63) is 69.6 Å². The molecular weight excluding hydrogens is 383 g/mol. The van der Waals surface area contributed by atoms with Crippen LogP contribution in [0.15, 0.2) is 52.9 Å². The predicted octanol–water partition coefficient (Wildman–Crippen LogP) is 6.24. The lowest BCUT2D eigenvalue weighted by Gasteiger charge is -2.12. The van der Waals surface area contributed by atoms with Gasteiger partial charge in [-0.15, -0.1) is 11.3 Å². The summed E-state index contributed by atoms with van der Waals surface area (Å²) < 4.78 is 38.6. The van der Waals surface area contributed by atoms with Crippen LogP contribution in [0.1, 0.15) is 16.7 Å². The van der Waals surface area contributed by atoms with E-state index in [1.54, 1.807) is 0 Å². The summed E-state index contributed by atoms with van der Waals surface area (Å²) in [5.41, 5.74) is 4.19. The van der Waals surface area contributed by atoms with Crippen LogP contribution in [0.2, 0.25) is 5.02 Å². The molecule has 0 bridgehead atoms. The zero-order valence-electron chi connectivity index (χ0n) is 13.5. The number of nitrogens with zero attached hydrogens (tertiary/aromatic N) is 2. The van der Waals surface area contributed by atoms with Crippen molar-refractivity contribution in [2.75, 3.05) is 5.43 Å². The van der Waals surface area contributed by atoms with Crippen molar-refractivity contribution in [3.8, 4) is 11.3 Å². The van der Waals surface area contributed by atoms with E-state index in [0.717, 1.165) is 17.3 Å². The molecule has 0 radical (unpaired) electrons. The summed E-state index contributed by atoms with van der Waals surface area (Å²) >= 11 is 7.41. The fourth-order valence-corrected chi connectivity index (χ4v) is 3.22. The topological polar surface area (TPSA) is 37.3 Å². The average molecular weight is 396 g/mol. The molecule has 134 valence electrons. The van der Waals surface area contributed by atoms with Crippen LogP contribution in [0.5, 0.6) is 0 Å². The number of alkyl halides is 3. The Balaban J connectivity index is 1.74. The van der Waals surface area contributed by atoms with E-state index in [1.165, 1.54) is 30.5 Å². The standard InChI is InChI=1S/C18H13ClF3N3S/c1-11-14(18(20,21)22)8-7-13(16(11)19)9-23-25-17-24-15(10-26-17)12-5-3-2-4-6-12/h2-10H,1H3,(H,24,25). The first-order valence-electron chi connectivity index (χ1n) is 7.52. The Morgan fingerprint density at radius 1 is 1.15 bits per heavy atom. The Bertz CT molecular complexity index is 937. The van der Waals surface area contributed by atoms with E-state index in [-0.39, 0.29) is 10.6 Å². The smallest absolute Gasteiger partial charge is 0.253 e. The monoisotopic (exact) mass is 395 g/mol. The molecule has 3 aromatic rings. The van der Waals surface area contributed by atoms with Gasteiger partial charge in [0.2, 0.25) is 5.13 Å². The number of anilines is 1. The lowest BCUT2D eigenvalue weighted by atomic mass is 10.1. The molecule has 0 unspecified atom stereocenters. The first kappa shape index (κ1) is 18.4. The molecule has 1 heterocycles. The molecule has 0 fully saturated rings. The van der Waals surface area contributed by atoms with Crippen molar-refractivity contribution in [1.82, 2.24) is 4.98 Å². The molecule has 0 amide bonds. The van der Waals surface area contributed by atoms with Crippen LogP contribution in [-0.4, -0.2) is 11.2 Å². The van der Waals surface area contributed by atoms with E-state index < -0.39 is 11.7 Å². The van der Waals surface area contributed by atoms with Gasteiger partial charge in [0.1, 0.15) is 0 Å². The number of benzene rings is 2. The van der Waals surface area contributed by atoms with Crippen LogP contribution in [-0.2, 0) is 6.18 Å². The predicted molar refractivity (Wildman–Crippen MR) is 100.0 cm³/mol. The Kier molecular flexibility index (Phi) is 5.29. The highest BCUT2D eigenvalue weighted by molar-refractivity contribution is 7.14. The largest absolute Gasteiger partial charge is 0.416 e. The Morgan fingerprint density at radius 2 is 1.88 bits per heavy atom. The molecule has 0 saturated heterocycles. The number of hydrazone groups is 1. The Labute approximate surface area is 157 Å². The number of rotatable bonds is 4. The van der Waals surface area contributed by atoms with E-state index in [2.05, 4.69) is 15.5 Å². The van der Waals surface area contributed by atoms with Gasteiger partial charge in [0.15, 0.2) is 0 Å². The first-order valence-corrected chi connectivity index (χ1v) is 8.78. The SMILES string of the molecule is Cc1c(C(F)(F)F)ccc(C=NNc2nc(-c3ccccc3)cs2)c1Cl. The lowest BCUT2D eigenvalue weighted by Crippen LogP contribution is -2.08. The summed E-state index contributed by atoms with van der Waals surface area (Å²) in [6.07, 6.45) is -3.06. The summed E-state index contributed by atoms with van der Waals surface area (Å²) in [4.78, 5) is 4.41. The summed E-state index contributed by atoms with van der Waals surface area (Å²) in [6, 6.07) is 12.0. The van der Waals surface area contributed by atoms with Crippen molar-refractivity contribution < 1.29 is 13.2 Å². The molecule has 8 heteroatoms. The van der Waals surface area contributed by atoms with Gasteiger partial charge in [0.05, 0.1) is 22.5 Å². The maximum Gasteiger partial charge on any atom is 0.416 e. The van der Waals surface area contributed by atoms with Gasteiger partial charge in [-0.05, 0) is 18.6 Å². The van der Waals surface area contributed by atoms with Crippen LogP contribution >= 0.6 is 22.9 Å². The molecule has 0 aliphatic heterocycles. The highest BCUT2D eigenvalue weighted by Crippen LogP contribution is 2.35. The van der Waals surface area contributed by atoms with Gasteiger partial charge < -0.3 is 0 Å². The minimum absolute atomic E-state index is 0.0227. The second kappa shape index (κ2) is 7.47. The first-order chi connectivity index (χ1) is 12.4. The van der Waals surface area contributed by atoms with Crippen LogP contribution in [0.3, 0.4) is 0 Å². The molecule has 3 rings (SSSR count). The Hall–Kier alpha value is -2.38. The summed E-state index contributed by atoms with van der Waals surface area (Å²) in [5, 5.41) is 6.50. The highest BCUT2D eigenvalue weighted by Gasteiger charge is 2.33. The third-order valence-electron chi connectivity index (χ3n) is 3.66. The van der Waals surface area contributed by atoms with Crippen molar-refractivity contribution >= 4 is 34.3 Å². The Morgan fingerprint density at radius 3 is 2.58 bits per heavy atom. The van der Waals surface area contributed by atoms with E-state index in [9.17, 15) is 13.2 Å². The van der Waals surface area contributed by atoms with Gasteiger partial charge in [-0.2, -0.15) is 18.3 Å². The third kappa shape index (κ3) is 4.05. The molecule has 1 N–H and O–H groups in total. The number of hydrogen-bond donors (Lipinski definition) is 1. The molecular formula is C18H13ClF3N3S. The molecule has 0 saturated carbocycles. The number of aromatic nitrogens is 1. The van der Waals surface area contributed by atoms with Gasteiger partial charge >= 0.3 is 6.18 Å². The quantitative estimate of drug-likeness (QED) is 0.419. The summed E-state index contributed by atoms with van der Waals surface area (Å²) in [6.45, 7) is 1.34. The molecule has 0 aliphatic carbocycles. The third-order valence-corrected chi connectivity index (χ3v) is 4.91.